The Morgan fingerprint density at radius 1 is 1.04 bits per heavy atom. The summed E-state index contributed by atoms with van der Waals surface area (Å²) in [6, 6.07) is 17.4. The second kappa shape index (κ2) is 6.96. The predicted octanol–water partition coefficient (Wildman–Crippen LogP) is 2.94. The number of hydrogen-bond acceptors (Lipinski definition) is 3. The second-order valence-electron chi connectivity index (χ2n) is 6.34. The fraction of sp³-hybridized carbons (Fsp3) is 0.190. The molecule has 0 fully saturated rings. The number of carbonyl (C=O) groups excluding carboxylic acids is 2. The van der Waals surface area contributed by atoms with Crippen LogP contribution in [0.3, 0.4) is 0 Å². The Morgan fingerprint density at radius 3 is 2.77 bits per heavy atom. The molecule has 5 nitrogen and oxygen atoms in total. The van der Waals surface area contributed by atoms with E-state index >= 15 is 0 Å². The zero-order valence-electron chi connectivity index (χ0n) is 14.3. The minimum absolute atomic E-state index is 0.0436. The highest BCUT2D eigenvalue weighted by Crippen LogP contribution is 2.26. The van der Waals surface area contributed by atoms with Gasteiger partial charge in [0.25, 0.3) is 5.91 Å². The van der Waals surface area contributed by atoms with E-state index in [1.165, 1.54) is 5.56 Å². The van der Waals surface area contributed by atoms with Gasteiger partial charge in [-0.2, -0.15) is 0 Å². The van der Waals surface area contributed by atoms with Crippen molar-refractivity contribution in [3.05, 3.63) is 72.1 Å². The molecule has 0 radical (unpaired) electrons. The number of nitrogens with one attached hydrogen (secondary N) is 1. The maximum atomic E-state index is 12.7. The van der Waals surface area contributed by atoms with Gasteiger partial charge in [-0.3, -0.25) is 14.6 Å². The van der Waals surface area contributed by atoms with Crippen LogP contribution in [-0.4, -0.2) is 29.9 Å². The number of fused-ring (bicyclic) bond motifs is 2. The first-order chi connectivity index (χ1) is 12.7. The number of carbonyl (C=O) groups is 2. The van der Waals surface area contributed by atoms with Gasteiger partial charge in [0, 0.05) is 23.8 Å². The van der Waals surface area contributed by atoms with Crippen molar-refractivity contribution < 1.29 is 9.59 Å². The van der Waals surface area contributed by atoms with Crippen molar-refractivity contribution in [1.29, 1.82) is 0 Å². The average Bonchev–Trinajstić information content (AvgIpc) is 2.71. The van der Waals surface area contributed by atoms with Crippen LogP contribution >= 0.6 is 0 Å². The highest BCUT2D eigenvalue weighted by Gasteiger charge is 2.22. The lowest BCUT2D eigenvalue weighted by molar-refractivity contribution is -0.117. The number of nitrogens with zero attached hydrogens (tertiary/aromatic N) is 2. The highest BCUT2D eigenvalue weighted by atomic mass is 16.2. The predicted molar refractivity (Wildman–Crippen MR) is 101 cm³/mol. The lowest BCUT2D eigenvalue weighted by atomic mass is 10.0. The first kappa shape index (κ1) is 16.3. The molecule has 0 bridgehead atoms. The van der Waals surface area contributed by atoms with Crippen molar-refractivity contribution in [1.82, 2.24) is 10.3 Å². The molecule has 1 aromatic heterocycles. The van der Waals surface area contributed by atoms with E-state index in [0.29, 0.717) is 12.2 Å². The molecule has 5 heteroatoms. The van der Waals surface area contributed by atoms with Crippen LogP contribution in [0.2, 0.25) is 0 Å². The van der Waals surface area contributed by atoms with E-state index in [0.717, 1.165) is 29.3 Å². The van der Waals surface area contributed by atoms with Crippen LogP contribution in [0, 0.1) is 0 Å². The van der Waals surface area contributed by atoms with Gasteiger partial charge in [-0.05, 0) is 35.9 Å². The fourth-order valence-corrected chi connectivity index (χ4v) is 3.43. The topological polar surface area (TPSA) is 62.3 Å². The Balaban J connectivity index is 1.49. The Morgan fingerprint density at radius 2 is 1.85 bits per heavy atom. The van der Waals surface area contributed by atoms with Gasteiger partial charge in [0.1, 0.15) is 5.69 Å². The van der Waals surface area contributed by atoms with E-state index in [-0.39, 0.29) is 18.4 Å². The number of aromatic nitrogens is 1. The fourth-order valence-electron chi connectivity index (χ4n) is 3.43. The standard InChI is InChI=1S/C21H19N3O2/c25-19(24-13-5-8-16-7-2-4-10-18(16)24)14-23-21(26)20-17-9-3-1-6-15(17)11-12-22-20/h1-4,6-7,9-12H,5,8,13-14H2,(H,23,26). The maximum absolute atomic E-state index is 12.7. The van der Waals surface area contributed by atoms with Crippen molar-refractivity contribution in [3.8, 4) is 0 Å². The first-order valence-electron chi connectivity index (χ1n) is 8.74. The number of benzene rings is 2. The second-order valence-corrected chi connectivity index (χ2v) is 6.34. The highest BCUT2D eigenvalue weighted by molar-refractivity contribution is 6.07. The normalized spacial score (nSPS) is 13.3. The zero-order valence-corrected chi connectivity index (χ0v) is 14.3. The average molecular weight is 345 g/mol. The Labute approximate surface area is 151 Å². The van der Waals surface area contributed by atoms with Crippen molar-refractivity contribution in [3.63, 3.8) is 0 Å². The molecular formula is C21H19N3O2. The molecule has 1 aliphatic rings. The molecule has 2 heterocycles. The number of para-hydroxylation sites is 1. The van der Waals surface area contributed by atoms with Crippen molar-refractivity contribution in [2.45, 2.75) is 12.8 Å². The molecule has 0 saturated heterocycles. The number of anilines is 1. The molecule has 0 unspecified atom stereocenters. The molecule has 4 rings (SSSR count). The SMILES string of the molecule is O=C(NCC(=O)N1CCCc2ccccc21)c1nccc2ccccc12. The van der Waals surface area contributed by atoms with E-state index in [4.69, 9.17) is 0 Å². The lowest BCUT2D eigenvalue weighted by Crippen LogP contribution is -2.42. The number of amides is 2. The summed E-state index contributed by atoms with van der Waals surface area (Å²) in [5.41, 5.74) is 2.46. The third-order valence-electron chi connectivity index (χ3n) is 4.70. The van der Waals surface area contributed by atoms with E-state index in [2.05, 4.69) is 10.3 Å². The molecule has 3 aromatic rings. The van der Waals surface area contributed by atoms with Crippen LogP contribution < -0.4 is 10.2 Å². The van der Waals surface area contributed by atoms with Crippen molar-refractivity contribution in [2.24, 2.45) is 0 Å². The summed E-state index contributed by atoms with van der Waals surface area (Å²) >= 11 is 0. The summed E-state index contributed by atoms with van der Waals surface area (Å²) in [6.07, 6.45) is 3.52. The zero-order chi connectivity index (χ0) is 17.9. The molecule has 0 spiro atoms. The Bertz CT molecular complexity index is 978. The van der Waals surface area contributed by atoms with Crippen molar-refractivity contribution in [2.75, 3.05) is 18.0 Å². The van der Waals surface area contributed by atoms with Gasteiger partial charge in [-0.1, -0.05) is 42.5 Å². The molecular weight excluding hydrogens is 326 g/mol. The summed E-state index contributed by atoms with van der Waals surface area (Å²) in [6.45, 7) is 0.635. The first-order valence-corrected chi connectivity index (χ1v) is 8.74. The Kier molecular flexibility index (Phi) is 4.35. The minimum atomic E-state index is -0.333. The van der Waals surface area contributed by atoms with Gasteiger partial charge < -0.3 is 10.2 Å². The summed E-state index contributed by atoms with van der Waals surface area (Å²) in [5.74, 6) is -0.439. The van der Waals surface area contributed by atoms with Crippen LogP contribution in [0.4, 0.5) is 5.69 Å². The molecule has 0 aliphatic carbocycles. The van der Waals surface area contributed by atoms with E-state index in [1.807, 2.05) is 54.6 Å². The third kappa shape index (κ3) is 3.04. The number of hydrogen-bond donors (Lipinski definition) is 1. The summed E-state index contributed by atoms with van der Waals surface area (Å²) in [4.78, 5) is 31.2. The number of rotatable bonds is 3. The van der Waals surface area contributed by atoms with Crippen LogP contribution in [-0.2, 0) is 11.2 Å². The summed E-state index contributed by atoms with van der Waals surface area (Å²) in [5, 5.41) is 4.46. The molecule has 1 N–H and O–H groups in total. The molecule has 2 amide bonds. The van der Waals surface area contributed by atoms with Crippen LogP contribution in [0.25, 0.3) is 10.8 Å². The van der Waals surface area contributed by atoms with E-state index in [9.17, 15) is 9.59 Å². The summed E-state index contributed by atoms with van der Waals surface area (Å²) < 4.78 is 0. The van der Waals surface area contributed by atoms with Gasteiger partial charge >= 0.3 is 0 Å². The largest absolute Gasteiger partial charge is 0.342 e. The molecule has 26 heavy (non-hydrogen) atoms. The van der Waals surface area contributed by atoms with Crippen LogP contribution in [0.15, 0.2) is 60.8 Å². The monoisotopic (exact) mass is 345 g/mol. The third-order valence-corrected chi connectivity index (χ3v) is 4.70. The number of aryl methyl sites for hydroxylation is 1. The number of pyridine rings is 1. The van der Waals surface area contributed by atoms with Gasteiger partial charge in [0.05, 0.1) is 6.54 Å². The van der Waals surface area contributed by atoms with Gasteiger partial charge in [0.15, 0.2) is 0 Å². The van der Waals surface area contributed by atoms with E-state index < -0.39 is 0 Å². The van der Waals surface area contributed by atoms with Gasteiger partial charge in [-0.15, -0.1) is 0 Å². The maximum Gasteiger partial charge on any atom is 0.270 e. The van der Waals surface area contributed by atoms with Gasteiger partial charge in [-0.25, -0.2) is 0 Å². The van der Waals surface area contributed by atoms with Crippen LogP contribution in [0.5, 0.6) is 0 Å². The smallest absolute Gasteiger partial charge is 0.270 e. The Hall–Kier alpha value is -3.21. The van der Waals surface area contributed by atoms with E-state index in [1.54, 1.807) is 11.1 Å². The molecule has 0 saturated carbocycles. The molecule has 130 valence electrons. The van der Waals surface area contributed by atoms with Gasteiger partial charge in [0.2, 0.25) is 5.91 Å². The lowest BCUT2D eigenvalue weighted by Gasteiger charge is -2.29. The van der Waals surface area contributed by atoms with Crippen LogP contribution in [0.1, 0.15) is 22.5 Å². The molecule has 2 aromatic carbocycles. The quantitative estimate of drug-likeness (QED) is 0.794. The molecule has 0 atom stereocenters. The minimum Gasteiger partial charge on any atom is -0.342 e. The summed E-state index contributed by atoms with van der Waals surface area (Å²) in [7, 11) is 0. The van der Waals surface area contributed by atoms with Crippen molar-refractivity contribution >= 4 is 28.3 Å². The molecule has 1 aliphatic heterocycles.